The van der Waals surface area contributed by atoms with E-state index in [1.165, 1.54) is 12.0 Å². The van der Waals surface area contributed by atoms with Gasteiger partial charge in [-0.3, -0.25) is 4.79 Å². The van der Waals surface area contributed by atoms with Gasteiger partial charge in [-0.1, -0.05) is 18.2 Å². The van der Waals surface area contributed by atoms with Crippen molar-refractivity contribution in [3.63, 3.8) is 0 Å². The number of piperidine rings is 1. The predicted molar refractivity (Wildman–Crippen MR) is 93.9 cm³/mol. The van der Waals surface area contributed by atoms with Gasteiger partial charge in [0, 0.05) is 29.6 Å². The second-order valence-electron chi connectivity index (χ2n) is 6.11. The summed E-state index contributed by atoms with van der Waals surface area (Å²) in [6.07, 6.45) is 0.382. The number of hydrogen-bond acceptors (Lipinski definition) is 5. The van der Waals surface area contributed by atoms with Gasteiger partial charge in [-0.25, -0.2) is 0 Å². The van der Waals surface area contributed by atoms with Gasteiger partial charge >= 0.3 is 0 Å². The van der Waals surface area contributed by atoms with E-state index in [1.807, 2.05) is 0 Å². The lowest BCUT2D eigenvalue weighted by atomic mass is 9.83. The number of methoxy groups -OCH3 is 2. The molecule has 0 spiro atoms. The van der Waals surface area contributed by atoms with Crippen LogP contribution in [-0.2, 0) is 9.59 Å². The summed E-state index contributed by atoms with van der Waals surface area (Å²) in [4.78, 5) is 26.1. The third-order valence-corrected chi connectivity index (χ3v) is 4.71. The van der Waals surface area contributed by atoms with Gasteiger partial charge in [-0.15, -0.1) is 0 Å². The van der Waals surface area contributed by atoms with Crippen molar-refractivity contribution in [2.24, 2.45) is 5.92 Å². The molecule has 1 fully saturated rings. The van der Waals surface area contributed by atoms with Gasteiger partial charge in [0.25, 0.3) is 0 Å². The highest BCUT2D eigenvalue weighted by Crippen LogP contribution is 2.43. The third kappa shape index (κ3) is 3.22. The van der Waals surface area contributed by atoms with Crippen LogP contribution in [0.1, 0.15) is 24.4 Å². The van der Waals surface area contributed by atoms with Crippen LogP contribution in [0.15, 0.2) is 48.5 Å². The first kappa shape index (κ1) is 17.8. The molecular weight excluding hydrogens is 334 g/mol. The summed E-state index contributed by atoms with van der Waals surface area (Å²) in [6, 6.07) is 13.4. The van der Waals surface area contributed by atoms with E-state index in [4.69, 9.17) is 9.47 Å². The number of anilines is 1. The van der Waals surface area contributed by atoms with Crippen molar-refractivity contribution < 1.29 is 24.2 Å². The number of aliphatic carboxylic acids is 1. The van der Waals surface area contributed by atoms with E-state index in [0.717, 1.165) is 0 Å². The summed E-state index contributed by atoms with van der Waals surface area (Å²) < 4.78 is 10.6. The van der Waals surface area contributed by atoms with Crippen LogP contribution in [0.5, 0.6) is 11.5 Å². The summed E-state index contributed by atoms with van der Waals surface area (Å²) in [5.41, 5.74) is 1.26. The fraction of sp³-hybridized carbons (Fsp3) is 0.300. The minimum atomic E-state index is -1.17. The zero-order valence-corrected chi connectivity index (χ0v) is 14.7. The molecular formula is C20H20NO5-. The molecule has 1 amide bonds. The van der Waals surface area contributed by atoms with E-state index in [9.17, 15) is 14.7 Å². The number of ether oxygens (including phenoxy) is 2. The first-order valence-corrected chi connectivity index (χ1v) is 8.36. The highest BCUT2D eigenvalue weighted by Gasteiger charge is 2.39. The molecule has 0 unspecified atom stereocenters. The number of para-hydroxylation sites is 1. The molecule has 26 heavy (non-hydrogen) atoms. The molecule has 1 aliphatic heterocycles. The highest BCUT2D eigenvalue weighted by molar-refractivity contribution is 5.96. The maximum Gasteiger partial charge on any atom is 0.227 e. The van der Waals surface area contributed by atoms with Crippen LogP contribution >= 0.6 is 0 Å². The Morgan fingerprint density at radius 3 is 2.38 bits per heavy atom. The molecule has 0 bridgehead atoms. The van der Waals surface area contributed by atoms with Gasteiger partial charge in [0.05, 0.1) is 20.3 Å². The Kier molecular flexibility index (Phi) is 5.11. The number of nitrogens with zero attached hydrogens (tertiary/aromatic N) is 1. The van der Waals surface area contributed by atoms with Crippen LogP contribution in [0.3, 0.4) is 0 Å². The van der Waals surface area contributed by atoms with Gasteiger partial charge in [0.2, 0.25) is 5.91 Å². The van der Waals surface area contributed by atoms with Gasteiger partial charge < -0.3 is 24.3 Å². The average Bonchev–Trinajstić information content (AvgIpc) is 2.67. The van der Waals surface area contributed by atoms with Crippen molar-refractivity contribution in [1.29, 1.82) is 0 Å². The number of carboxylic acid groups (broad SMARTS) is 1. The SMILES string of the molecule is COc1ccc(N2C(=O)CC[C@H](C(=O)[O-])[C@H]2c2ccccc2OC)cc1. The van der Waals surface area contributed by atoms with E-state index < -0.39 is 17.9 Å². The molecule has 2 aromatic rings. The normalized spacial score (nSPS) is 19.9. The molecule has 6 heteroatoms. The van der Waals surface area contributed by atoms with Crippen LogP contribution in [0.2, 0.25) is 0 Å². The second-order valence-corrected chi connectivity index (χ2v) is 6.11. The number of carboxylic acids is 1. The van der Waals surface area contributed by atoms with Crippen LogP contribution in [0, 0.1) is 5.92 Å². The van der Waals surface area contributed by atoms with Gasteiger partial charge in [-0.2, -0.15) is 0 Å². The van der Waals surface area contributed by atoms with Gasteiger partial charge in [0.1, 0.15) is 11.5 Å². The Morgan fingerprint density at radius 2 is 1.77 bits per heavy atom. The van der Waals surface area contributed by atoms with E-state index in [1.54, 1.807) is 55.6 Å². The number of carbonyl (C=O) groups is 2. The van der Waals surface area contributed by atoms with E-state index >= 15 is 0 Å². The van der Waals surface area contributed by atoms with E-state index in [2.05, 4.69) is 0 Å². The van der Waals surface area contributed by atoms with Crippen molar-refractivity contribution >= 4 is 17.6 Å². The van der Waals surface area contributed by atoms with Crippen molar-refractivity contribution in [3.8, 4) is 11.5 Å². The van der Waals surface area contributed by atoms with Crippen molar-refractivity contribution in [2.75, 3.05) is 19.1 Å². The fourth-order valence-corrected chi connectivity index (χ4v) is 3.45. The van der Waals surface area contributed by atoms with Crippen molar-refractivity contribution in [3.05, 3.63) is 54.1 Å². The van der Waals surface area contributed by atoms with Crippen LogP contribution in [0.4, 0.5) is 5.69 Å². The van der Waals surface area contributed by atoms with Crippen LogP contribution in [-0.4, -0.2) is 26.1 Å². The number of benzene rings is 2. The molecule has 0 aliphatic carbocycles. The summed E-state index contributed by atoms with van der Waals surface area (Å²) in [5.74, 6) is -0.943. The van der Waals surface area contributed by atoms with Gasteiger partial charge in [-0.05, 0) is 36.8 Å². The average molecular weight is 354 g/mol. The number of carbonyl (C=O) groups excluding carboxylic acids is 2. The molecule has 2 aromatic carbocycles. The number of amides is 1. The molecule has 1 aliphatic rings. The molecule has 2 atom stereocenters. The largest absolute Gasteiger partial charge is 0.550 e. The van der Waals surface area contributed by atoms with Gasteiger partial charge in [0.15, 0.2) is 0 Å². The smallest absolute Gasteiger partial charge is 0.227 e. The zero-order chi connectivity index (χ0) is 18.7. The Labute approximate surface area is 152 Å². The van der Waals surface area contributed by atoms with E-state index in [0.29, 0.717) is 22.7 Å². The Morgan fingerprint density at radius 1 is 1.08 bits per heavy atom. The summed E-state index contributed by atoms with van der Waals surface area (Å²) in [6.45, 7) is 0. The number of rotatable bonds is 5. The maximum atomic E-state index is 12.7. The molecule has 1 saturated heterocycles. The van der Waals surface area contributed by atoms with Crippen LogP contribution < -0.4 is 19.5 Å². The first-order valence-electron chi connectivity index (χ1n) is 8.36. The molecule has 0 radical (unpaired) electrons. The summed E-state index contributed by atoms with van der Waals surface area (Å²) in [5, 5.41) is 11.8. The fourth-order valence-electron chi connectivity index (χ4n) is 3.45. The first-order chi connectivity index (χ1) is 12.6. The molecule has 0 saturated carbocycles. The Balaban J connectivity index is 2.13. The summed E-state index contributed by atoms with van der Waals surface area (Å²) in [7, 11) is 3.08. The van der Waals surface area contributed by atoms with Crippen LogP contribution in [0.25, 0.3) is 0 Å². The minimum Gasteiger partial charge on any atom is -0.550 e. The lowest BCUT2D eigenvalue weighted by Gasteiger charge is -2.42. The lowest BCUT2D eigenvalue weighted by Crippen LogP contribution is -2.49. The lowest BCUT2D eigenvalue weighted by molar-refractivity contribution is -0.312. The highest BCUT2D eigenvalue weighted by atomic mass is 16.5. The monoisotopic (exact) mass is 354 g/mol. The molecule has 3 rings (SSSR count). The standard InChI is InChI=1S/C20H21NO5/c1-25-14-9-7-13(8-10-14)21-18(22)12-11-16(20(23)24)19(21)15-5-3-4-6-17(15)26-2/h3-10,16,19H,11-12H2,1-2H3,(H,23,24)/p-1/t16-,19+/m0/s1. The molecule has 0 aromatic heterocycles. The Bertz CT molecular complexity index is 802. The topological polar surface area (TPSA) is 78.9 Å². The third-order valence-electron chi connectivity index (χ3n) is 4.71. The van der Waals surface area contributed by atoms with Crippen molar-refractivity contribution in [2.45, 2.75) is 18.9 Å². The number of hydrogen-bond donors (Lipinski definition) is 0. The molecule has 0 N–H and O–H groups in total. The minimum absolute atomic E-state index is 0.136. The molecule has 6 nitrogen and oxygen atoms in total. The maximum absolute atomic E-state index is 12.7. The van der Waals surface area contributed by atoms with E-state index in [-0.39, 0.29) is 18.7 Å². The zero-order valence-electron chi connectivity index (χ0n) is 14.7. The van der Waals surface area contributed by atoms with Crippen molar-refractivity contribution in [1.82, 2.24) is 0 Å². The second kappa shape index (κ2) is 7.47. The predicted octanol–water partition coefficient (Wildman–Crippen LogP) is 1.94. The quantitative estimate of drug-likeness (QED) is 0.820. The Hall–Kier alpha value is -3.02. The summed E-state index contributed by atoms with van der Waals surface area (Å²) >= 11 is 0. The molecule has 1 heterocycles. The molecule has 136 valence electrons.